The van der Waals surface area contributed by atoms with E-state index in [2.05, 4.69) is 5.32 Å². The molecule has 0 radical (unpaired) electrons. The molecule has 1 aromatic heterocycles. The first-order valence-electron chi connectivity index (χ1n) is 23.4. The van der Waals surface area contributed by atoms with Crippen LogP contribution < -0.4 is 10.7 Å². The van der Waals surface area contributed by atoms with Crippen molar-refractivity contribution in [1.82, 2.24) is 9.88 Å². The number of allylic oxidation sites excluding steroid dienone is 6. The molecule has 1 unspecified atom stereocenters. The van der Waals surface area contributed by atoms with E-state index in [0.717, 1.165) is 18.2 Å². The summed E-state index contributed by atoms with van der Waals surface area (Å²) in [6, 6.07) is 22.1. The van der Waals surface area contributed by atoms with E-state index in [1.54, 1.807) is 35.8 Å². The first-order chi connectivity index (χ1) is 39.0. The minimum Gasteiger partial charge on any atom is -0.744 e. The van der Waals surface area contributed by atoms with Gasteiger partial charge < -0.3 is 19.5 Å². The monoisotopic (exact) mass is 1290 g/mol. The topological polar surface area (TPSA) is 451 Å². The molecule has 1 aliphatic carbocycles. The average Bonchev–Trinajstić information content (AvgIpc) is 2.01. The Kier molecular flexibility index (Phi) is 18.1. The summed E-state index contributed by atoms with van der Waals surface area (Å²) in [5.41, 5.74) is -0.407. The molecule has 27 nitrogen and oxygen atoms in total. The molecule has 6 N–H and O–H groups in total. The third-order valence-electron chi connectivity index (χ3n) is 13.2. The highest BCUT2D eigenvalue weighted by Crippen LogP contribution is 2.45. The molecule has 1 aliphatic heterocycles. The van der Waals surface area contributed by atoms with Gasteiger partial charge in [0.25, 0.3) is 30.4 Å². The van der Waals surface area contributed by atoms with E-state index in [0.29, 0.717) is 38.8 Å². The largest absolute Gasteiger partial charge is 0.744 e. The number of aromatic nitrogens is 1. The Morgan fingerprint density at radius 2 is 1.17 bits per heavy atom. The Bertz CT molecular complexity index is 4940. The molecular weight excluding hydrogens is 1250 g/mol. The van der Waals surface area contributed by atoms with Crippen LogP contribution in [-0.4, -0.2) is 128 Å². The summed E-state index contributed by atoms with van der Waals surface area (Å²) in [5, 5.41) is 14.7. The van der Waals surface area contributed by atoms with Crippen LogP contribution in [0.15, 0.2) is 163 Å². The van der Waals surface area contributed by atoms with E-state index in [-0.39, 0.29) is 75.2 Å². The summed E-state index contributed by atoms with van der Waals surface area (Å²) in [5.74, 6) is -2.36. The van der Waals surface area contributed by atoms with Crippen LogP contribution in [-0.2, 0) is 94.5 Å². The SMILES string of the molecule is CCNC(=O)C1(C(=O)O)CC(=CC=c2c3cccc4c(S(=O)(=O)[O-])ccc(c43)n2Cc2ccc(S(=O)(=O)O)cc2)C=C(C=CC2=[N+](Cc3ccc(S(=O)(=O)O)cc3)c3c(S(=O)(=O)O)cc(S(=O)(=O)O)c4cccc2c34)C1.O=S(=O)=O.O=S(=O)=O. The number of amides is 1. The summed E-state index contributed by atoms with van der Waals surface area (Å²) in [4.78, 5) is 24.4. The zero-order valence-corrected chi connectivity index (χ0v) is 48.2. The van der Waals surface area contributed by atoms with Crippen molar-refractivity contribution >= 4 is 134 Å². The number of rotatable bonds is 15. The number of nitrogens with one attached hydrogen (secondary N) is 1. The standard InChI is InChI=1S/C50H41N3O18S5.2O3S/c1-2-51-48(54)50(49(55)56)25-31(13-19-39-35-5-3-7-37-42(74(63,64)65)22-21-41(45(35)37)52(39)27-29-9-15-33(16-10-29)72(57,58)59)23-32(26-50)14-20-40-36-6-4-8-38-43(75(66,67)68)24-44(76(69,70)71)47(46(36)38)53(40)28-30-11-17-34(18-12-30)73(60,61)62;2*1-4(2)3/h3-24H,2,25-28H2,1H3,(H6-,51,54,55,56,57,58,59,60,61,62,63,64,65,66,67,68,69,70,71);;. The molecule has 0 saturated carbocycles. The smallest absolute Gasteiger partial charge is 0.425 e. The highest BCUT2D eigenvalue weighted by atomic mass is 32.2. The van der Waals surface area contributed by atoms with Crippen LogP contribution in [0.5, 0.6) is 0 Å². The fourth-order valence-corrected chi connectivity index (χ4v) is 13.0. The number of carboxylic acids is 1. The first-order valence-corrected chi connectivity index (χ1v) is 32.6. The van der Waals surface area contributed by atoms with Crippen molar-refractivity contribution in [2.75, 3.05) is 6.54 Å². The maximum atomic E-state index is 14.0. The van der Waals surface area contributed by atoms with Gasteiger partial charge in [0.1, 0.15) is 15.0 Å². The van der Waals surface area contributed by atoms with Gasteiger partial charge in [-0.05, 0) is 91.1 Å². The lowest BCUT2D eigenvalue weighted by molar-refractivity contribution is -0.455. The number of hydrogen-bond donors (Lipinski definition) is 6. The van der Waals surface area contributed by atoms with Crippen LogP contribution in [0.4, 0.5) is 5.69 Å². The van der Waals surface area contributed by atoms with Crippen molar-refractivity contribution in [2.45, 2.75) is 57.3 Å². The molecule has 0 saturated heterocycles. The van der Waals surface area contributed by atoms with E-state index >= 15 is 0 Å². The third kappa shape index (κ3) is 13.6. The van der Waals surface area contributed by atoms with Gasteiger partial charge in [0.2, 0.25) is 17.3 Å². The molecule has 1 amide bonds. The van der Waals surface area contributed by atoms with Crippen molar-refractivity contribution in [2.24, 2.45) is 5.41 Å². The highest BCUT2D eigenvalue weighted by molar-refractivity contribution is 7.87. The fraction of sp³-hybridized carbons (Fsp3) is 0.140. The number of nitrogens with zero attached hydrogens (tertiary/aromatic N) is 2. The second-order valence-corrected chi connectivity index (χ2v) is 26.1. The predicted octanol–water partition coefficient (Wildman–Crippen LogP) is 3.14. The lowest BCUT2D eigenvalue weighted by Gasteiger charge is -2.32. The molecule has 34 heteroatoms. The Labute approximate surface area is 479 Å². The molecule has 84 heavy (non-hydrogen) atoms. The molecule has 2 aliphatic rings. The Morgan fingerprint density at radius 1 is 0.643 bits per heavy atom. The van der Waals surface area contributed by atoms with Crippen molar-refractivity contribution in [1.29, 1.82) is 0 Å². The van der Waals surface area contributed by atoms with Crippen LogP contribution in [0.2, 0.25) is 0 Å². The molecule has 2 heterocycles. The van der Waals surface area contributed by atoms with Crippen LogP contribution >= 0.6 is 0 Å². The van der Waals surface area contributed by atoms with Crippen LogP contribution in [0.1, 0.15) is 36.5 Å². The molecule has 6 aromatic carbocycles. The number of carbonyl (C=O) groups is 2. The molecule has 9 rings (SSSR count). The van der Waals surface area contributed by atoms with Crippen molar-refractivity contribution in [3.8, 4) is 0 Å². The van der Waals surface area contributed by atoms with E-state index in [1.165, 1.54) is 89.5 Å². The van der Waals surface area contributed by atoms with Gasteiger partial charge >= 0.3 is 37.3 Å². The molecule has 7 aromatic rings. The summed E-state index contributed by atoms with van der Waals surface area (Å²) in [6.07, 6.45) is 6.81. The maximum absolute atomic E-state index is 14.0. The van der Waals surface area contributed by atoms with E-state index in [9.17, 15) is 79.5 Å². The minimum absolute atomic E-state index is 0.00969. The molecule has 0 spiro atoms. The number of benzene rings is 6. The molecule has 0 bridgehead atoms. The van der Waals surface area contributed by atoms with Gasteiger partial charge in [-0.15, -0.1) is 25.3 Å². The third-order valence-corrected chi connectivity index (χ3v) is 17.5. The first kappa shape index (κ1) is 63.6. The molecule has 0 fully saturated rings. The van der Waals surface area contributed by atoms with Crippen molar-refractivity contribution in [3.05, 3.63) is 161 Å². The fourth-order valence-electron chi connectivity index (χ4n) is 9.87. The zero-order chi connectivity index (χ0) is 62.2. The van der Waals surface area contributed by atoms with E-state index in [4.69, 9.17) is 25.3 Å². The van der Waals surface area contributed by atoms with Crippen LogP contribution in [0.3, 0.4) is 0 Å². The number of aliphatic carboxylic acids is 1. The summed E-state index contributed by atoms with van der Waals surface area (Å²) >= 11 is 0. The van der Waals surface area contributed by atoms with Gasteiger partial charge in [0.15, 0.2) is 16.9 Å². The van der Waals surface area contributed by atoms with E-state index < -0.39 is 115 Å². The summed E-state index contributed by atoms with van der Waals surface area (Å²) in [7, 11) is -30.9. The highest BCUT2D eigenvalue weighted by Gasteiger charge is 2.48. The van der Waals surface area contributed by atoms with Crippen molar-refractivity contribution in [3.63, 3.8) is 0 Å². The van der Waals surface area contributed by atoms with Crippen LogP contribution in [0.25, 0.3) is 38.5 Å². The molecule has 442 valence electrons. The summed E-state index contributed by atoms with van der Waals surface area (Å²) in [6.45, 7) is 1.33. The van der Waals surface area contributed by atoms with Gasteiger partial charge in [-0.1, -0.05) is 72.8 Å². The quantitative estimate of drug-likeness (QED) is 0.0488. The number of carbonyl (C=O) groups excluding carboxylic acids is 1. The van der Waals surface area contributed by atoms with Gasteiger partial charge in [0.05, 0.1) is 31.2 Å². The lowest BCUT2D eigenvalue weighted by Crippen LogP contribution is -2.48. The Hall–Kier alpha value is -8.00. The minimum atomic E-state index is -5.30. The maximum Gasteiger partial charge on any atom is 0.425 e. The number of hydrogen-bond acceptors (Lipinski definition) is 19. The van der Waals surface area contributed by atoms with Gasteiger partial charge in [-0.3, -0.25) is 27.8 Å². The Morgan fingerprint density at radius 3 is 1.68 bits per heavy atom. The molecule has 1 atom stereocenters. The lowest BCUT2D eigenvalue weighted by atomic mass is 9.71. The van der Waals surface area contributed by atoms with Gasteiger partial charge in [0, 0.05) is 51.6 Å². The zero-order valence-electron chi connectivity index (χ0n) is 42.5. The second kappa shape index (κ2) is 23.9. The van der Waals surface area contributed by atoms with Crippen LogP contribution in [0, 0.1) is 5.41 Å². The normalized spacial score (nSPS) is 16.3. The summed E-state index contributed by atoms with van der Waals surface area (Å²) < 4.78 is 231. The predicted molar refractivity (Wildman–Crippen MR) is 293 cm³/mol. The van der Waals surface area contributed by atoms with E-state index in [1.807, 2.05) is 0 Å². The van der Waals surface area contributed by atoms with Gasteiger partial charge in [-0.25, -0.2) is 8.42 Å². The Balaban J connectivity index is 0.00000119. The number of carboxylic acid groups (broad SMARTS) is 1. The van der Waals surface area contributed by atoms with Crippen molar-refractivity contribution < 1.29 is 109 Å². The van der Waals surface area contributed by atoms with Gasteiger partial charge in [-0.2, -0.15) is 38.2 Å². The average molecular weight is 1290 g/mol. The second-order valence-electron chi connectivity index (χ2n) is 18.3. The molecular formula is C50H41N3O24S7.